The largest absolute Gasteiger partial charge is 0.379 e. The summed E-state index contributed by atoms with van der Waals surface area (Å²) in [5.74, 6) is 0. The van der Waals surface area contributed by atoms with Crippen molar-refractivity contribution < 1.29 is 13.2 Å². The minimum Gasteiger partial charge on any atom is -0.379 e. The summed E-state index contributed by atoms with van der Waals surface area (Å²) in [5.41, 5.74) is 0.509. The van der Waals surface area contributed by atoms with Crippen LogP contribution in [-0.4, -0.2) is 43.4 Å². The Morgan fingerprint density at radius 1 is 1.43 bits per heavy atom. The molecule has 0 aromatic carbocycles. The van der Waals surface area contributed by atoms with Crippen molar-refractivity contribution in [1.82, 2.24) is 14.8 Å². The van der Waals surface area contributed by atoms with E-state index in [1.165, 1.54) is 23.7 Å². The fourth-order valence-electron chi connectivity index (χ4n) is 2.22. The van der Waals surface area contributed by atoms with E-state index < -0.39 is 10.0 Å². The molecule has 2 aromatic rings. The Morgan fingerprint density at radius 3 is 2.95 bits per heavy atom. The number of hydrogen-bond donors (Lipinski definition) is 0. The summed E-state index contributed by atoms with van der Waals surface area (Å²) in [6.45, 7) is 1.25. The van der Waals surface area contributed by atoms with Crippen LogP contribution in [0.3, 0.4) is 0 Å². The van der Waals surface area contributed by atoms with Crippen molar-refractivity contribution in [2.24, 2.45) is 0 Å². The average molecular weight is 308 g/mol. The van der Waals surface area contributed by atoms with E-state index >= 15 is 0 Å². The molecule has 21 heavy (non-hydrogen) atoms. The number of rotatable bonds is 4. The number of sulfonamides is 1. The lowest BCUT2D eigenvalue weighted by Gasteiger charge is -2.17. The molecule has 112 valence electrons. The molecule has 0 N–H and O–H groups in total. The van der Waals surface area contributed by atoms with Gasteiger partial charge in [-0.3, -0.25) is 14.0 Å². The lowest BCUT2D eigenvalue weighted by Crippen LogP contribution is -2.26. The molecule has 3 rings (SSSR count). The van der Waals surface area contributed by atoms with Crippen molar-refractivity contribution in [2.45, 2.75) is 17.4 Å². The van der Waals surface area contributed by atoms with Crippen LogP contribution in [0.5, 0.6) is 0 Å². The molecule has 1 fully saturated rings. The Balaban J connectivity index is 1.88. The molecular weight excluding hydrogens is 292 g/mol. The molecule has 0 aliphatic carbocycles. The topological polar surface area (TPSA) is 77.3 Å². The number of aromatic nitrogens is 3. The van der Waals surface area contributed by atoms with Crippen LogP contribution in [0, 0.1) is 0 Å². The molecule has 1 unspecified atom stereocenters. The molecule has 7 nitrogen and oxygen atoms in total. The zero-order valence-electron chi connectivity index (χ0n) is 11.6. The maximum Gasteiger partial charge on any atom is 0.267 e. The molecule has 2 aromatic heterocycles. The van der Waals surface area contributed by atoms with E-state index in [1.807, 2.05) is 0 Å². The molecular formula is C13H16N4O3S. The molecule has 3 heterocycles. The smallest absolute Gasteiger partial charge is 0.267 e. The Morgan fingerprint density at radius 2 is 2.29 bits per heavy atom. The first-order chi connectivity index (χ1) is 10.1. The van der Waals surface area contributed by atoms with Crippen LogP contribution >= 0.6 is 0 Å². The van der Waals surface area contributed by atoms with Gasteiger partial charge in [0.15, 0.2) is 0 Å². The van der Waals surface area contributed by atoms with E-state index in [1.54, 1.807) is 29.2 Å². The average Bonchev–Trinajstić information content (AvgIpc) is 3.18. The normalized spacial score (nSPS) is 18.8. The fraction of sp³-hybridized carbons (Fsp3) is 0.385. The Bertz CT molecular complexity index is 708. The maximum atomic E-state index is 12.6. The number of nitrogens with zero attached hydrogens (tertiary/aromatic N) is 4. The van der Waals surface area contributed by atoms with Crippen molar-refractivity contribution >= 4 is 15.7 Å². The zero-order chi connectivity index (χ0) is 14.9. The van der Waals surface area contributed by atoms with Crippen molar-refractivity contribution in [1.29, 1.82) is 0 Å². The third-order valence-corrected chi connectivity index (χ3v) is 5.26. The monoisotopic (exact) mass is 308 g/mol. The van der Waals surface area contributed by atoms with Crippen LogP contribution in [0.1, 0.15) is 12.5 Å². The van der Waals surface area contributed by atoms with Crippen molar-refractivity contribution in [3.8, 4) is 0 Å². The standard InChI is InChI=1S/C13H16N4O3S/c1-16(11-3-2-5-14-7-11)21(18,19)13-8-15-17(9-13)12-4-6-20-10-12/h2-3,5,7-9,12H,4,6,10H2,1H3. The summed E-state index contributed by atoms with van der Waals surface area (Å²) in [5, 5.41) is 4.16. The molecule has 1 atom stereocenters. The summed E-state index contributed by atoms with van der Waals surface area (Å²) in [6, 6.07) is 3.50. The lowest BCUT2D eigenvalue weighted by molar-refractivity contribution is 0.184. The van der Waals surface area contributed by atoms with Crippen LogP contribution < -0.4 is 4.31 Å². The molecule has 1 aliphatic heterocycles. The number of ether oxygens (including phenoxy) is 1. The van der Waals surface area contributed by atoms with E-state index in [9.17, 15) is 8.42 Å². The highest BCUT2D eigenvalue weighted by atomic mass is 32.2. The summed E-state index contributed by atoms with van der Waals surface area (Å²) in [6.07, 6.45) is 6.89. The summed E-state index contributed by atoms with van der Waals surface area (Å²) in [4.78, 5) is 4.11. The highest BCUT2D eigenvalue weighted by Crippen LogP contribution is 2.23. The van der Waals surface area contributed by atoms with Crippen LogP contribution in [0.2, 0.25) is 0 Å². The van der Waals surface area contributed by atoms with Crippen molar-refractivity contribution in [3.05, 3.63) is 36.9 Å². The second-order valence-electron chi connectivity index (χ2n) is 4.86. The summed E-state index contributed by atoms with van der Waals surface area (Å²) in [7, 11) is -2.13. The fourth-order valence-corrected chi connectivity index (χ4v) is 3.34. The van der Waals surface area contributed by atoms with Gasteiger partial charge in [-0.15, -0.1) is 0 Å². The van der Waals surface area contributed by atoms with Gasteiger partial charge in [0.25, 0.3) is 10.0 Å². The summed E-state index contributed by atoms with van der Waals surface area (Å²) >= 11 is 0. The molecule has 0 bridgehead atoms. The third kappa shape index (κ3) is 2.64. The van der Waals surface area contributed by atoms with Gasteiger partial charge < -0.3 is 4.74 Å². The maximum absolute atomic E-state index is 12.6. The highest BCUT2D eigenvalue weighted by molar-refractivity contribution is 7.92. The predicted molar refractivity (Wildman–Crippen MR) is 76.5 cm³/mol. The van der Waals surface area contributed by atoms with Gasteiger partial charge in [0.2, 0.25) is 0 Å². The quantitative estimate of drug-likeness (QED) is 0.844. The van der Waals surface area contributed by atoms with Gasteiger partial charge in [0.05, 0.1) is 30.7 Å². The lowest BCUT2D eigenvalue weighted by atomic mass is 10.3. The minimum atomic E-state index is -3.63. The van der Waals surface area contributed by atoms with Gasteiger partial charge >= 0.3 is 0 Å². The summed E-state index contributed by atoms with van der Waals surface area (Å²) < 4.78 is 33.3. The molecule has 1 aliphatic rings. The van der Waals surface area contributed by atoms with Gasteiger partial charge in [0.1, 0.15) is 4.90 Å². The van der Waals surface area contributed by atoms with Gasteiger partial charge in [-0.05, 0) is 18.6 Å². The second-order valence-corrected chi connectivity index (χ2v) is 6.83. The zero-order valence-corrected chi connectivity index (χ0v) is 12.4. The van der Waals surface area contributed by atoms with E-state index in [-0.39, 0.29) is 10.9 Å². The Kier molecular flexibility index (Phi) is 3.64. The predicted octanol–water partition coefficient (Wildman–Crippen LogP) is 1.06. The molecule has 0 radical (unpaired) electrons. The second kappa shape index (κ2) is 5.45. The third-order valence-electron chi connectivity index (χ3n) is 3.53. The Labute approximate surface area is 123 Å². The first-order valence-corrected chi connectivity index (χ1v) is 8.04. The van der Waals surface area contributed by atoms with Crippen LogP contribution in [0.15, 0.2) is 41.8 Å². The van der Waals surface area contributed by atoms with Gasteiger partial charge in [-0.1, -0.05) is 0 Å². The molecule has 0 amide bonds. The SMILES string of the molecule is CN(c1cccnc1)S(=O)(=O)c1cnn(C2CCOC2)c1. The van der Waals surface area contributed by atoms with Crippen LogP contribution in [0.4, 0.5) is 5.69 Å². The van der Waals surface area contributed by atoms with E-state index in [4.69, 9.17) is 4.74 Å². The minimum absolute atomic E-state index is 0.109. The Hall–Kier alpha value is -1.93. The highest BCUT2D eigenvalue weighted by Gasteiger charge is 2.25. The van der Waals surface area contributed by atoms with Crippen LogP contribution in [-0.2, 0) is 14.8 Å². The molecule has 0 saturated carbocycles. The number of pyridine rings is 1. The van der Waals surface area contributed by atoms with Crippen LogP contribution in [0.25, 0.3) is 0 Å². The molecule has 1 saturated heterocycles. The number of hydrogen-bond acceptors (Lipinski definition) is 5. The molecule has 8 heteroatoms. The number of anilines is 1. The molecule has 0 spiro atoms. The van der Waals surface area contributed by atoms with E-state index in [2.05, 4.69) is 10.1 Å². The van der Waals surface area contributed by atoms with Crippen molar-refractivity contribution in [2.75, 3.05) is 24.6 Å². The van der Waals surface area contributed by atoms with Gasteiger partial charge in [0, 0.05) is 26.0 Å². The van der Waals surface area contributed by atoms with Crippen molar-refractivity contribution in [3.63, 3.8) is 0 Å². The first-order valence-electron chi connectivity index (χ1n) is 6.60. The van der Waals surface area contributed by atoms with Gasteiger partial charge in [-0.25, -0.2) is 8.42 Å². The van der Waals surface area contributed by atoms with E-state index in [0.717, 1.165) is 6.42 Å². The van der Waals surface area contributed by atoms with Gasteiger partial charge in [-0.2, -0.15) is 5.10 Å². The first kappa shape index (κ1) is 14.0. The van der Waals surface area contributed by atoms with E-state index in [0.29, 0.717) is 18.9 Å².